The average molecular weight is 413 g/mol. The van der Waals surface area contributed by atoms with Gasteiger partial charge in [0.05, 0.1) is 10.9 Å². The summed E-state index contributed by atoms with van der Waals surface area (Å²) in [5.41, 5.74) is 7.09. The van der Waals surface area contributed by atoms with Crippen LogP contribution in [-0.4, -0.2) is 15.9 Å². The second-order valence-corrected chi connectivity index (χ2v) is 7.77. The van der Waals surface area contributed by atoms with Crippen molar-refractivity contribution in [2.45, 2.75) is 45.4 Å². The molecule has 0 bridgehead atoms. The van der Waals surface area contributed by atoms with E-state index in [2.05, 4.69) is 16.9 Å². The molecule has 2 heterocycles. The SMILES string of the molecule is CC1CCCCC1c1cc(=O)c2c(C(N)=O)nccc2[nH]1.Cc1cccc(F)c1F. The second kappa shape index (κ2) is 9.15. The number of nitrogens with zero attached hydrogens (tertiary/aromatic N) is 1. The van der Waals surface area contributed by atoms with E-state index in [9.17, 15) is 18.4 Å². The van der Waals surface area contributed by atoms with Gasteiger partial charge in [0.2, 0.25) is 0 Å². The summed E-state index contributed by atoms with van der Waals surface area (Å²) in [7, 11) is 0. The van der Waals surface area contributed by atoms with Crippen LogP contribution in [0.1, 0.15) is 60.3 Å². The summed E-state index contributed by atoms with van der Waals surface area (Å²) in [5.74, 6) is -1.28. The highest BCUT2D eigenvalue weighted by Crippen LogP contribution is 2.36. The van der Waals surface area contributed by atoms with E-state index in [1.807, 2.05) is 0 Å². The molecule has 158 valence electrons. The van der Waals surface area contributed by atoms with Gasteiger partial charge in [0.25, 0.3) is 5.91 Å². The van der Waals surface area contributed by atoms with E-state index in [4.69, 9.17) is 5.73 Å². The van der Waals surface area contributed by atoms with E-state index in [1.165, 1.54) is 44.5 Å². The number of carbonyl (C=O) groups is 1. The van der Waals surface area contributed by atoms with Crippen LogP contribution in [-0.2, 0) is 0 Å². The molecule has 2 unspecified atom stereocenters. The van der Waals surface area contributed by atoms with E-state index >= 15 is 0 Å². The highest BCUT2D eigenvalue weighted by atomic mass is 19.2. The highest BCUT2D eigenvalue weighted by Gasteiger charge is 2.24. The minimum Gasteiger partial charge on any atom is -0.364 e. The number of aromatic nitrogens is 2. The number of primary amides is 1. The average Bonchev–Trinajstić information content (AvgIpc) is 2.72. The van der Waals surface area contributed by atoms with Gasteiger partial charge in [0, 0.05) is 23.9 Å². The zero-order chi connectivity index (χ0) is 21.8. The van der Waals surface area contributed by atoms with Gasteiger partial charge in [0.15, 0.2) is 17.1 Å². The molecule has 30 heavy (non-hydrogen) atoms. The van der Waals surface area contributed by atoms with Crippen LogP contribution in [0.3, 0.4) is 0 Å². The van der Waals surface area contributed by atoms with Gasteiger partial charge in [0.1, 0.15) is 5.69 Å². The van der Waals surface area contributed by atoms with Gasteiger partial charge in [-0.25, -0.2) is 8.78 Å². The van der Waals surface area contributed by atoms with Crippen molar-refractivity contribution < 1.29 is 13.6 Å². The third-order valence-corrected chi connectivity index (χ3v) is 5.65. The van der Waals surface area contributed by atoms with Gasteiger partial charge in [-0.05, 0) is 37.0 Å². The lowest BCUT2D eigenvalue weighted by molar-refractivity contribution is 0.0997. The molecule has 5 nitrogen and oxygen atoms in total. The first-order chi connectivity index (χ1) is 14.3. The quantitative estimate of drug-likeness (QED) is 0.644. The number of H-pyrrole nitrogens is 1. The third-order valence-electron chi connectivity index (χ3n) is 5.65. The molecule has 0 aliphatic heterocycles. The molecular weight excluding hydrogens is 388 g/mol. The fourth-order valence-electron chi connectivity index (χ4n) is 4.00. The summed E-state index contributed by atoms with van der Waals surface area (Å²) in [6.45, 7) is 3.76. The van der Waals surface area contributed by atoms with Crippen molar-refractivity contribution in [1.29, 1.82) is 0 Å². The molecule has 0 spiro atoms. The monoisotopic (exact) mass is 413 g/mol. The lowest BCUT2D eigenvalue weighted by atomic mass is 9.78. The third kappa shape index (κ3) is 4.56. The number of aromatic amines is 1. The first-order valence-corrected chi connectivity index (χ1v) is 10.0. The van der Waals surface area contributed by atoms with Crippen LogP contribution in [0, 0.1) is 24.5 Å². The van der Waals surface area contributed by atoms with Crippen molar-refractivity contribution >= 4 is 16.8 Å². The number of hydrogen-bond acceptors (Lipinski definition) is 3. The molecule has 1 amide bonds. The number of amides is 1. The Morgan fingerprint density at radius 2 is 1.93 bits per heavy atom. The lowest BCUT2D eigenvalue weighted by Crippen LogP contribution is -2.21. The minimum atomic E-state index is -0.782. The number of aryl methyl sites for hydroxylation is 1. The molecule has 1 saturated carbocycles. The molecule has 1 aromatic carbocycles. The summed E-state index contributed by atoms with van der Waals surface area (Å²) in [4.78, 5) is 31.1. The number of benzene rings is 1. The van der Waals surface area contributed by atoms with Crippen molar-refractivity contribution in [2.75, 3.05) is 0 Å². The minimum absolute atomic E-state index is 0.0389. The summed E-state index contributed by atoms with van der Waals surface area (Å²) < 4.78 is 24.6. The van der Waals surface area contributed by atoms with Crippen LogP contribution in [0.2, 0.25) is 0 Å². The Morgan fingerprint density at radius 1 is 1.20 bits per heavy atom. The normalized spacial score (nSPS) is 18.5. The number of hydrogen-bond donors (Lipinski definition) is 2. The smallest absolute Gasteiger partial charge is 0.268 e. The van der Waals surface area contributed by atoms with Crippen LogP contribution in [0.25, 0.3) is 10.9 Å². The van der Waals surface area contributed by atoms with E-state index in [-0.39, 0.29) is 16.5 Å². The number of halogens is 2. The highest BCUT2D eigenvalue weighted by molar-refractivity contribution is 6.03. The summed E-state index contributed by atoms with van der Waals surface area (Å²) >= 11 is 0. The van der Waals surface area contributed by atoms with Crippen LogP contribution < -0.4 is 11.2 Å². The maximum atomic E-state index is 12.4. The largest absolute Gasteiger partial charge is 0.364 e. The Bertz CT molecular complexity index is 1110. The first-order valence-electron chi connectivity index (χ1n) is 10.0. The van der Waals surface area contributed by atoms with E-state index in [0.717, 1.165) is 18.2 Å². The maximum Gasteiger partial charge on any atom is 0.268 e. The van der Waals surface area contributed by atoms with Crippen molar-refractivity contribution in [3.63, 3.8) is 0 Å². The van der Waals surface area contributed by atoms with Crippen LogP contribution in [0.15, 0.2) is 41.3 Å². The van der Waals surface area contributed by atoms with Crippen LogP contribution >= 0.6 is 0 Å². The van der Waals surface area contributed by atoms with Crippen molar-refractivity contribution in [3.8, 4) is 0 Å². The molecule has 0 radical (unpaired) electrons. The van der Waals surface area contributed by atoms with Crippen LogP contribution in [0.5, 0.6) is 0 Å². The number of nitrogens with two attached hydrogens (primary N) is 1. The molecule has 0 saturated heterocycles. The zero-order valence-electron chi connectivity index (χ0n) is 17.0. The molecule has 1 aliphatic carbocycles. The van der Waals surface area contributed by atoms with Gasteiger partial charge in [-0.15, -0.1) is 0 Å². The van der Waals surface area contributed by atoms with Crippen molar-refractivity contribution in [2.24, 2.45) is 11.7 Å². The second-order valence-electron chi connectivity index (χ2n) is 7.77. The van der Waals surface area contributed by atoms with Crippen molar-refractivity contribution in [3.05, 3.63) is 75.3 Å². The Balaban J connectivity index is 0.000000239. The molecular formula is C23H25F2N3O2. The fourth-order valence-corrected chi connectivity index (χ4v) is 4.00. The molecule has 3 N–H and O–H groups in total. The maximum absolute atomic E-state index is 12.4. The molecule has 1 fully saturated rings. The number of carbonyl (C=O) groups excluding carboxylic acids is 1. The summed E-state index contributed by atoms with van der Waals surface area (Å²) in [6.07, 6.45) is 6.24. The fraction of sp³-hybridized carbons (Fsp3) is 0.348. The van der Waals surface area contributed by atoms with E-state index in [0.29, 0.717) is 22.9 Å². The number of fused-ring (bicyclic) bond motifs is 1. The number of rotatable bonds is 2. The molecule has 2 aromatic heterocycles. The zero-order valence-corrected chi connectivity index (χ0v) is 17.0. The number of nitrogens with one attached hydrogen (secondary N) is 1. The lowest BCUT2D eigenvalue weighted by Gasteiger charge is -2.28. The number of pyridine rings is 2. The standard InChI is InChI=1S/C16H19N3O2.C7H6F2/c1-9-4-2-3-5-10(9)12-8-13(20)14-11(19-12)6-7-18-15(14)16(17)21;1-5-3-2-4-6(8)7(5)9/h6-10H,2-5H2,1H3,(H2,17,21)(H,19,20);2-4H,1H3. The van der Waals surface area contributed by atoms with Gasteiger partial charge in [-0.3, -0.25) is 14.6 Å². The Morgan fingerprint density at radius 3 is 2.57 bits per heavy atom. The summed E-state index contributed by atoms with van der Waals surface area (Å²) in [6, 6.07) is 7.44. The van der Waals surface area contributed by atoms with E-state index < -0.39 is 17.5 Å². The molecule has 2 atom stereocenters. The van der Waals surface area contributed by atoms with Gasteiger partial charge in [-0.2, -0.15) is 0 Å². The van der Waals surface area contributed by atoms with Crippen LogP contribution in [0.4, 0.5) is 8.78 Å². The Kier molecular flexibility index (Phi) is 6.59. The molecule has 4 rings (SSSR count). The Hall–Kier alpha value is -3.09. The predicted molar refractivity (Wildman–Crippen MR) is 112 cm³/mol. The van der Waals surface area contributed by atoms with Crippen molar-refractivity contribution in [1.82, 2.24) is 9.97 Å². The first kappa shape index (κ1) is 21.6. The molecule has 1 aliphatic rings. The predicted octanol–water partition coefficient (Wildman–Crippen LogP) is 4.59. The molecule has 3 aromatic rings. The van der Waals surface area contributed by atoms with Gasteiger partial charge in [-0.1, -0.05) is 38.3 Å². The van der Waals surface area contributed by atoms with Gasteiger partial charge < -0.3 is 10.7 Å². The molecule has 7 heteroatoms. The Labute approximate surface area is 173 Å². The van der Waals surface area contributed by atoms with E-state index in [1.54, 1.807) is 12.1 Å². The topological polar surface area (TPSA) is 88.8 Å². The van der Waals surface area contributed by atoms with Gasteiger partial charge >= 0.3 is 0 Å². The summed E-state index contributed by atoms with van der Waals surface area (Å²) in [5, 5.41) is 0.289.